The lowest BCUT2D eigenvalue weighted by atomic mass is 10.2. The van der Waals surface area contributed by atoms with Crippen molar-refractivity contribution in [2.24, 2.45) is 0 Å². The van der Waals surface area contributed by atoms with Gasteiger partial charge in [-0.05, 0) is 25.5 Å². The summed E-state index contributed by atoms with van der Waals surface area (Å²) in [5, 5.41) is 4.21. The monoisotopic (exact) mass is 237 g/mol. The zero-order chi connectivity index (χ0) is 11.2. The molecule has 1 aliphatic rings. The summed E-state index contributed by atoms with van der Waals surface area (Å²) in [5.74, 6) is 2.06. The lowest BCUT2D eigenvalue weighted by Gasteiger charge is -2.22. The van der Waals surface area contributed by atoms with Gasteiger partial charge in [-0.1, -0.05) is 18.2 Å². The maximum atomic E-state index is 5.36. The molecule has 0 saturated carbocycles. The molecule has 16 heavy (non-hydrogen) atoms. The third kappa shape index (κ3) is 3.16. The van der Waals surface area contributed by atoms with Gasteiger partial charge in [0.1, 0.15) is 5.75 Å². The Kier molecular flexibility index (Phi) is 4.55. The lowest BCUT2D eigenvalue weighted by Crippen LogP contribution is -2.31. The van der Waals surface area contributed by atoms with Crippen LogP contribution in [0.4, 0.5) is 0 Å². The molecule has 0 amide bonds. The van der Waals surface area contributed by atoms with E-state index in [4.69, 9.17) is 4.74 Å². The first kappa shape index (κ1) is 11.8. The Hall–Kier alpha value is -0.670. The number of thioether (sulfide) groups is 1. The second-order valence-corrected chi connectivity index (χ2v) is 5.38. The highest BCUT2D eigenvalue weighted by atomic mass is 32.2. The molecule has 0 bridgehead atoms. The molecular formula is C13H19NOS. The molecule has 0 radical (unpaired) electrons. The maximum absolute atomic E-state index is 5.36. The number of para-hydroxylation sites is 1. The molecule has 2 rings (SSSR count). The number of piperidine rings is 1. The topological polar surface area (TPSA) is 21.3 Å². The van der Waals surface area contributed by atoms with Crippen molar-refractivity contribution >= 4 is 11.8 Å². The molecule has 2 nitrogen and oxygen atoms in total. The van der Waals surface area contributed by atoms with Crippen LogP contribution in [-0.2, 0) is 5.75 Å². The molecule has 88 valence electrons. The number of hydrogen-bond donors (Lipinski definition) is 1. The maximum Gasteiger partial charge on any atom is 0.122 e. The number of benzene rings is 1. The van der Waals surface area contributed by atoms with E-state index in [0.717, 1.165) is 23.3 Å². The molecule has 1 aliphatic heterocycles. The molecule has 1 atom stereocenters. The summed E-state index contributed by atoms with van der Waals surface area (Å²) in [6.45, 7) is 2.34. The van der Waals surface area contributed by atoms with Gasteiger partial charge in [0.05, 0.1) is 7.11 Å². The molecule has 0 aromatic heterocycles. The molecule has 1 fully saturated rings. The van der Waals surface area contributed by atoms with E-state index in [2.05, 4.69) is 17.4 Å². The number of rotatable bonds is 4. The zero-order valence-corrected chi connectivity index (χ0v) is 10.6. The van der Waals surface area contributed by atoms with Crippen LogP contribution >= 0.6 is 11.8 Å². The Morgan fingerprint density at radius 3 is 3.06 bits per heavy atom. The van der Waals surface area contributed by atoms with Crippen LogP contribution in [0.5, 0.6) is 5.75 Å². The van der Waals surface area contributed by atoms with Gasteiger partial charge in [-0.25, -0.2) is 0 Å². The summed E-state index contributed by atoms with van der Waals surface area (Å²) < 4.78 is 5.36. The Balaban J connectivity index is 1.88. The summed E-state index contributed by atoms with van der Waals surface area (Å²) in [7, 11) is 1.74. The van der Waals surface area contributed by atoms with Crippen molar-refractivity contribution in [3.8, 4) is 5.75 Å². The average molecular weight is 237 g/mol. The summed E-state index contributed by atoms with van der Waals surface area (Å²) in [6.07, 6.45) is 2.65. The van der Waals surface area contributed by atoms with E-state index >= 15 is 0 Å². The van der Waals surface area contributed by atoms with Crippen LogP contribution in [0.15, 0.2) is 24.3 Å². The zero-order valence-electron chi connectivity index (χ0n) is 9.74. The third-order valence-corrected chi connectivity index (χ3v) is 4.27. The van der Waals surface area contributed by atoms with Crippen molar-refractivity contribution in [2.75, 3.05) is 20.2 Å². The van der Waals surface area contributed by atoms with Crippen molar-refractivity contribution in [3.05, 3.63) is 29.8 Å². The number of hydrogen-bond acceptors (Lipinski definition) is 3. The first-order chi connectivity index (χ1) is 7.90. The van der Waals surface area contributed by atoms with E-state index in [1.165, 1.54) is 24.9 Å². The molecule has 1 unspecified atom stereocenters. The van der Waals surface area contributed by atoms with E-state index in [1.54, 1.807) is 7.11 Å². The van der Waals surface area contributed by atoms with Crippen LogP contribution in [-0.4, -0.2) is 25.4 Å². The Labute approximate surface area is 102 Å². The first-order valence-corrected chi connectivity index (χ1v) is 6.89. The van der Waals surface area contributed by atoms with E-state index in [0.29, 0.717) is 0 Å². The normalized spacial score (nSPS) is 20.7. The third-order valence-electron chi connectivity index (χ3n) is 2.92. The number of methoxy groups -OCH3 is 1. The van der Waals surface area contributed by atoms with Crippen molar-refractivity contribution in [1.29, 1.82) is 0 Å². The first-order valence-electron chi connectivity index (χ1n) is 5.84. The largest absolute Gasteiger partial charge is 0.496 e. The minimum atomic E-state index is 0.763. The number of nitrogens with one attached hydrogen (secondary N) is 1. The van der Waals surface area contributed by atoms with Crippen molar-refractivity contribution in [3.63, 3.8) is 0 Å². The van der Waals surface area contributed by atoms with Crippen LogP contribution < -0.4 is 10.1 Å². The Bertz CT molecular complexity index is 323. The van der Waals surface area contributed by atoms with E-state index < -0.39 is 0 Å². The highest BCUT2D eigenvalue weighted by Crippen LogP contribution is 2.27. The molecule has 1 aromatic carbocycles. The standard InChI is InChI=1S/C13H19NOS/c1-15-13-7-3-2-5-11(13)10-16-12-6-4-8-14-9-12/h2-3,5,7,12,14H,4,6,8-10H2,1H3. The fraction of sp³-hybridized carbons (Fsp3) is 0.538. The van der Waals surface area contributed by atoms with Crippen molar-refractivity contribution in [1.82, 2.24) is 5.32 Å². The van der Waals surface area contributed by atoms with Gasteiger partial charge in [-0.2, -0.15) is 11.8 Å². The quantitative estimate of drug-likeness (QED) is 0.870. The van der Waals surface area contributed by atoms with Gasteiger partial charge in [-0.15, -0.1) is 0 Å². The highest BCUT2D eigenvalue weighted by molar-refractivity contribution is 7.99. The summed E-state index contributed by atoms with van der Waals surface area (Å²) in [6, 6.07) is 8.30. The van der Waals surface area contributed by atoms with Gasteiger partial charge in [0, 0.05) is 23.1 Å². The summed E-state index contributed by atoms with van der Waals surface area (Å²) in [4.78, 5) is 0. The summed E-state index contributed by atoms with van der Waals surface area (Å²) in [5.41, 5.74) is 1.31. The van der Waals surface area contributed by atoms with Crippen LogP contribution in [0.3, 0.4) is 0 Å². The fourth-order valence-electron chi connectivity index (χ4n) is 1.99. The molecule has 3 heteroatoms. The predicted octanol–water partition coefficient (Wildman–Crippen LogP) is 2.68. The van der Waals surface area contributed by atoms with Gasteiger partial charge >= 0.3 is 0 Å². The fourth-order valence-corrected chi connectivity index (χ4v) is 3.21. The SMILES string of the molecule is COc1ccccc1CSC1CCCNC1. The van der Waals surface area contributed by atoms with Crippen LogP contribution in [0.25, 0.3) is 0 Å². The molecule has 0 spiro atoms. The summed E-state index contributed by atoms with van der Waals surface area (Å²) >= 11 is 2.04. The smallest absolute Gasteiger partial charge is 0.122 e. The molecule has 1 heterocycles. The molecule has 1 saturated heterocycles. The molecule has 0 aliphatic carbocycles. The van der Waals surface area contributed by atoms with E-state index in [1.807, 2.05) is 23.9 Å². The van der Waals surface area contributed by atoms with Crippen molar-refractivity contribution < 1.29 is 4.74 Å². The van der Waals surface area contributed by atoms with Gasteiger partial charge in [0.25, 0.3) is 0 Å². The van der Waals surface area contributed by atoms with Crippen molar-refractivity contribution in [2.45, 2.75) is 23.8 Å². The van der Waals surface area contributed by atoms with E-state index in [9.17, 15) is 0 Å². The van der Waals surface area contributed by atoms with Gasteiger partial charge in [0.2, 0.25) is 0 Å². The van der Waals surface area contributed by atoms with Crippen LogP contribution in [0, 0.1) is 0 Å². The molecule has 1 aromatic rings. The Morgan fingerprint density at radius 1 is 1.44 bits per heavy atom. The van der Waals surface area contributed by atoms with Gasteiger partial charge in [-0.3, -0.25) is 0 Å². The van der Waals surface area contributed by atoms with E-state index in [-0.39, 0.29) is 0 Å². The van der Waals surface area contributed by atoms with Crippen LogP contribution in [0.1, 0.15) is 18.4 Å². The minimum Gasteiger partial charge on any atom is -0.496 e. The highest BCUT2D eigenvalue weighted by Gasteiger charge is 2.13. The van der Waals surface area contributed by atoms with Gasteiger partial charge in [0.15, 0.2) is 0 Å². The lowest BCUT2D eigenvalue weighted by molar-refractivity contribution is 0.411. The number of ether oxygens (including phenoxy) is 1. The molecule has 1 N–H and O–H groups in total. The molecular weight excluding hydrogens is 218 g/mol. The van der Waals surface area contributed by atoms with Crippen LogP contribution in [0.2, 0.25) is 0 Å². The second kappa shape index (κ2) is 6.16. The predicted molar refractivity (Wildman–Crippen MR) is 70.2 cm³/mol. The second-order valence-electron chi connectivity index (χ2n) is 4.09. The minimum absolute atomic E-state index is 0.763. The van der Waals surface area contributed by atoms with Gasteiger partial charge < -0.3 is 10.1 Å². The average Bonchev–Trinajstić information content (AvgIpc) is 2.38. The Morgan fingerprint density at radius 2 is 2.31 bits per heavy atom.